The van der Waals surface area contributed by atoms with Crippen LogP contribution in [0.15, 0.2) is 76.6 Å². The molecule has 0 radical (unpaired) electrons. The summed E-state index contributed by atoms with van der Waals surface area (Å²) in [5.74, 6) is -0.736. The maximum atomic E-state index is 13.5. The number of ketones is 1. The summed E-state index contributed by atoms with van der Waals surface area (Å²) in [6, 6.07) is 17.7. The third-order valence-electron chi connectivity index (χ3n) is 6.84. The van der Waals surface area contributed by atoms with E-state index in [9.17, 15) is 19.1 Å². The molecule has 0 bridgehead atoms. The minimum absolute atomic E-state index is 0.0494. The summed E-state index contributed by atoms with van der Waals surface area (Å²) in [6.45, 7) is 2.82. The van der Waals surface area contributed by atoms with Crippen molar-refractivity contribution in [1.82, 2.24) is 10.2 Å². The van der Waals surface area contributed by atoms with Gasteiger partial charge in [-0.2, -0.15) is 0 Å². The SMILES string of the molecule is CCc1ccc(C2/C(=C(\O)c3ccc4c(c3)OCCO4)C(=O)C(=O)N2c2nnc(SCc3ccc(F)cc3)s2)cc1. The summed E-state index contributed by atoms with van der Waals surface area (Å²) < 4.78 is 25.1. The maximum Gasteiger partial charge on any atom is 0.301 e. The normalized spacial score (nSPS) is 17.7. The number of carbonyl (C=O) groups excluding carboxylic acids is 2. The van der Waals surface area contributed by atoms with Crippen LogP contribution < -0.4 is 14.4 Å². The molecular weight excluding hydrogens is 565 g/mol. The van der Waals surface area contributed by atoms with E-state index < -0.39 is 17.7 Å². The van der Waals surface area contributed by atoms with E-state index in [0.717, 1.165) is 17.5 Å². The number of hydrogen-bond donors (Lipinski definition) is 1. The third kappa shape index (κ3) is 5.30. The van der Waals surface area contributed by atoms with E-state index in [1.807, 2.05) is 31.2 Å². The van der Waals surface area contributed by atoms with Gasteiger partial charge in [0.15, 0.2) is 15.8 Å². The fourth-order valence-corrected chi connectivity index (χ4v) is 6.53. The molecular formula is C30H24FN3O5S2. The quantitative estimate of drug-likeness (QED) is 0.0931. The summed E-state index contributed by atoms with van der Waals surface area (Å²) in [5, 5.41) is 20.2. The Balaban J connectivity index is 1.38. The average molecular weight is 590 g/mol. The summed E-state index contributed by atoms with van der Waals surface area (Å²) in [6.07, 6.45) is 0.822. The Morgan fingerprint density at radius 2 is 1.71 bits per heavy atom. The number of amides is 1. The van der Waals surface area contributed by atoms with Crippen molar-refractivity contribution in [3.05, 3.63) is 100 Å². The topological polar surface area (TPSA) is 102 Å². The first-order valence-electron chi connectivity index (χ1n) is 12.9. The van der Waals surface area contributed by atoms with Crippen molar-refractivity contribution >= 4 is 45.7 Å². The highest BCUT2D eigenvalue weighted by atomic mass is 32.2. The fraction of sp³-hybridized carbons (Fsp3) is 0.200. The number of aliphatic hydroxyl groups excluding tert-OH is 1. The number of Topliss-reactive ketones (excluding diaryl/α,β-unsaturated/α-hetero) is 1. The molecule has 1 saturated heterocycles. The number of nitrogens with zero attached hydrogens (tertiary/aromatic N) is 3. The molecule has 1 atom stereocenters. The summed E-state index contributed by atoms with van der Waals surface area (Å²) in [4.78, 5) is 28.3. The molecule has 1 fully saturated rings. The smallest absolute Gasteiger partial charge is 0.301 e. The van der Waals surface area contributed by atoms with Gasteiger partial charge in [0.1, 0.15) is 24.8 Å². The molecule has 0 aliphatic carbocycles. The van der Waals surface area contributed by atoms with Gasteiger partial charge in [-0.25, -0.2) is 4.39 Å². The highest BCUT2D eigenvalue weighted by molar-refractivity contribution is 8.00. The molecule has 1 aromatic heterocycles. The Bertz CT molecular complexity index is 1650. The molecule has 0 saturated carbocycles. The number of fused-ring (bicyclic) bond motifs is 1. The molecule has 1 N–H and O–H groups in total. The molecule has 3 aromatic carbocycles. The van der Waals surface area contributed by atoms with Crippen molar-refractivity contribution in [2.45, 2.75) is 29.5 Å². The Morgan fingerprint density at radius 1 is 1.00 bits per heavy atom. The second kappa shape index (κ2) is 11.3. The highest BCUT2D eigenvalue weighted by Gasteiger charge is 2.48. The van der Waals surface area contributed by atoms with Crippen LogP contribution in [0.1, 0.15) is 35.2 Å². The second-order valence-corrected chi connectivity index (χ2v) is 11.6. The molecule has 0 spiro atoms. The van der Waals surface area contributed by atoms with Crippen molar-refractivity contribution in [3.8, 4) is 11.5 Å². The Labute approximate surface area is 243 Å². The number of aliphatic hydroxyl groups is 1. The zero-order chi connectivity index (χ0) is 28.5. The lowest BCUT2D eigenvalue weighted by molar-refractivity contribution is -0.132. The molecule has 41 heavy (non-hydrogen) atoms. The lowest BCUT2D eigenvalue weighted by atomic mass is 9.94. The predicted octanol–water partition coefficient (Wildman–Crippen LogP) is 5.93. The maximum absolute atomic E-state index is 13.5. The fourth-order valence-electron chi connectivity index (χ4n) is 4.71. The Hall–Kier alpha value is -4.22. The van der Waals surface area contributed by atoms with Crippen LogP contribution in [0.5, 0.6) is 11.5 Å². The zero-order valence-electron chi connectivity index (χ0n) is 21.9. The van der Waals surface area contributed by atoms with Gasteiger partial charge in [-0.05, 0) is 53.4 Å². The van der Waals surface area contributed by atoms with Gasteiger partial charge < -0.3 is 14.6 Å². The molecule has 3 heterocycles. The zero-order valence-corrected chi connectivity index (χ0v) is 23.5. The summed E-state index contributed by atoms with van der Waals surface area (Å²) in [7, 11) is 0. The van der Waals surface area contributed by atoms with Crippen molar-refractivity contribution in [2.24, 2.45) is 0 Å². The van der Waals surface area contributed by atoms with Crippen LogP contribution in [0, 0.1) is 5.82 Å². The number of anilines is 1. The van der Waals surface area contributed by atoms with E-state index in [4.69, 9.17) is 9.47 Å². The van der Waals surface area contributed by atoms with Crippen LogP contribution in [0.25, 0.3) is 5.76 Å². The summed E-state index contributed by atoms with van der Waals surface area (Å²) >= 11 is 2.56. The first kappa shape index (κ1) is 27.0. The number of benzene rings is 3. The monoisotopic (exact) mass is 589 g/mol. The van der Waals surface area contributed by atoms with Crippen molar-refractivity contribution in [1.29, 1.82) is 0 Å². The predicted molar refractivity (Wildman–Crippen MR) is 154 cm³/mol. The number of ether oxygens (including phenoxy) is 2. The Morgan fingerprint density at radius 3 is 2.44 bits per heavy atom. The van der Waals surface area contributed by atoms with Crippen LogP contribution in [0.3, 0.4) is 0 Å². The van der Waals surface area contributed by atoms with Crippen LogP contribution >= 0.6 is 23.1 Å². The molecule has 6 rings (SSSR count). The van der Waals surface area contributed by atoms with Gasteiger partial charge in [0, 0.05) is 11.3 Å². The van der Waals surface area contributed by atoms with Crippen molar-refractivity contribution < 1.29 is 28.6 Å². The second-order valence-electron chi connectivity index (χ2n) is 9.39. The Kier molecular flexibility index (Phi) is 7.46. The van der Waals surface area contributed by atoms with E-state index in [2.05, 4.69) is 10.2 Å². The van der Waals surface area contributed by atoms with E-state index in [-0.39, 0.29) is 22.3 Å². The lowest BCUT2D eigenvalue weighted by Gasteiger charge is -2.23. The summed E-state index contributed by atoms with van der Waals surface area (Å²) in [5.41, 5.74) is 2.93. The van der Waals surface area contributed by atoms with Gasteiger partial charge in [-0.15, -0.1) is 10.2 Å². The average Bonchev–Trinajstić information content (AvgIpc) is 3.58. The number of halogens is 1. The lowest BCUT2D eigenvalue weighted by Crippen LogP contribution is -2.29. The first-order valence-corrected chi connectivity index (χ1v) is 14.7. The largest absolute Gasteiger partial charge is 0.507 e. The molecule has 4 aromatic rings. The molecule has 2 aliphatic heterocycles. The number of aromatic nitrogens is 2. The molecule has 2 aliphatic rings. The number of hydrogen-bond acceptors (Lipinski definition) is 9. The van der Waals surface area contributed by atoms with Crippen LogP contribution in [-0.4, -0.2) is 40.2 Å². The van der Waals surface area contributed by atoms with Gasteiger partial charge in [0.2, 0.25) is 5.13 Å². The van der Waals surface area contributed by atoms with Gasteiger partial charge in [0.05, 0.1) is 11.6 Å². The third-order valence-corrected chi connectivity index (χ3v) is 8.97. The van der Waals surface area contributed by atoms with Gasteiger partial charge in [-0.1, -0.05) is 66.4 Å². The van der Waals surface area contributed by atoms with Gasteiger partial charge in [0.25, 0.3) is 5.78 Å². The van der Waals surface area contributed by atoms with Crippen molar-refractivity contribution in [3.63, 3.8) is 0 Å². The molecule has 8 nitrogen and oxygen atoms in total. The number of rotatable bonds is 7. The number of thioether (sulfide) groups is 1. The van der Waals surface area contributed by atoms with E-state index in [1.165, 1.54) is 40.1 Å². The molecule has 1 amide bonds. The highest BCUT2D eigenvalue weighted by Crippen LogP contribution is 2.45. The van der Waals surface area contributed by atoms with E-state index >= 15 is 0 Å². The van der Waals surface area contributed by atoms with E-state index in [0.29, 0.717) is 45.9 Å². The van der Waals surface area contributed by atoms with Gasteiger partial charge >= 0.3 is 5.91 Å². The minimum Gasteiger partial charge on any atom is -0.507 e. The van der Waals surface area contributed by atoms with Crippen LogP contribution in [0.4, 0.5) is 9.52 Å². The number of aryl methyl sites for hydroxylation is 1. The van der Waals surface area contributed by atoms with Crippen LogP contribution in [0.2, 0.25) is 0 Å². The first-order chi connectivity index (χ1) is 19.9. The molecule has 1 unspecified atom stereocenters. The van der Waals surface area contributed by atoms with Crippen LogP contribution in [-0.2, 0) is 21.8 Å². The van der Waals surface area contributed by atoms with E-state index in [1.54, 1.807) is 30.3 Å². The molecule has 208 valence electrons. The molecule has 11 heteroatoms. The van der Waals surface area contributed by atoms with Crippen molar-refractivity contribution in [2.75, 3.05) is 18.1 Å². The number of carbonyl (C=O) groups is 2. The minimum atomic E-state index is -0.919. The standard InChI is InChI=1S/C30H24FN3O5S2/c1-2-17-3-7-19(8-4-17)25-24(26(35)20-9-12-22-23(15-20)39-14-13-38-22)27(36)28(37)34(25)29-32-33-30(41-29)40-16-18-5-10-21(31)11-6-18/h3-12,15,25,35H,2,13-14,16H2,1H3/b26-24+. The van der Waals surface area contributed by atoms with Gasteiger partial charge in [-0.3, -0.25) is 14.5 Å².